The molecule has 0 bridgehead atoms. The lowest BCUT2D eigenvalue weighted by molar-refractivity contribution is 0.0728. The minimum absolute atomic E-state index is 0.0773. The number of carbonyl (C=O) groups excluding carboxylic acids is 1. The average Bonchev–Trinajstić information content (AvgIpc) is 2.80. The van der Waals surface area contributed by atoms with Gasteiger partial charge in [-0.1, -0.05) is 30.3 Å². The molecule has 0 spiro atoms. The van der Waals surface area contributed by atoms with E-state index in [1.807, 2.05) is 48.3 Å². The van der Waals surface area contributed by atoms with Crippen molar-refractivity contribution in [2.24, 2.45) is 0 Å². The summed E-state index contributed by atoms with van der Waals surface area (Å²) in [7, 11) is 1.99. The third kappa shape index (κ3) is 4.41. The van der Waals surface area contributed by atoms with Crippen molar-refractivity contribution >= 4 is 11.7 Å². The number of nitrogens with one attached hydrogen (secondary N) is 1. The number of carbonyl (C=O) groups is 1. The van der Waals surface area contributed by atoms with Gasteiger partial charge in [-0.25, -0.2) is 0 Å². The number of hydrogen-bond donors (Lipinski definition) is 1. The molecular weight excluding hydrogens is 364 g/mol. The molecule has 3 heterocycles. The maximum atomic E-state index is 12.9. The van der Waals surface area contributed by atoms with Crippen LogP contribution in [0.1, 0.15) is 16.1 Å². The van der Waals surface area contributed by atoms with Crippen molar-refractivity contribution in [2.45, 2.75) is 6.54 Å². The SMILES string of the molecule is CN(Cc1ccccc1)c1nnc(C(=O)N2CCNCC2)cc1-c1ccncc1. The van der Waals surface area contributed by atoms with E-state index in [9.17, 15) is 4.79 Å². The van der Waals surface area contributed by atoms with E-state index in [-0.39, 0.29) is 5.91 Å². The lowest BCUT2D eigenvalue weighted by atomic mass is 10.1. The third-order valence-electron chi connectivity index (χ3n) is 5.01. The van der Waals surface area contributed by atoms with E-state index in [2.05, 4.69) is 37.5 Å². The molecule has 148 valence electrons. The van der Waals surface area contributed by atoms with Gasteiger partial charge in [0.05, 0.1) is 0 Å². The Balaban J connectivity index is 1.68. The molecular formula is C22H24N6O. The van der Waals surface area contributed by atoms with E-state index >= 15 is 0 Å². The highest BCUT2D eigenvalue weighted by Crippen LogP contribution is 2.29. The Morgan fingerprint density at radius 1 is 1.07 bits per heavy atom. The van der Waals surface area contributed by atoms with Crippen LogP contribution in [0.15, 0.2) is 60.9 Å². The lowest BCUT2D eigenvalue weighted by Gasteiger charge is -2.27. The molecule has 7 nitrogen and oxygen atoms in total. The molecule has 0 saturated carbocycles. The van der Waals surface area contributed by atoms with Gasteiger partial charge in [-0.2, -0.15) is 0 Å². The van der Waals surface area contributed by atoms with E-state index in [1.165, 1.54) is 5.56 Å². The summed E-state index contributed by atoms with van der Waals surface area (Å²) in [4.78, 5) is 20.9. The van der Waals surface area contributed by atoms with Crippen molar-refractivity contribution in [2.75, 3.05) is 38.1 Å². The zero-order valence-corrected chi connectivity index (χ0v) is 16.5. The first kappa shape index (κ1) is 19.0. The Kier molecular flexibility index (Phi) is 5.76. The molecule has 1 N–H and O–H groups in total. The first-order chi connectivity index (χ1) is 14.2. The zero-order chi connectivity index (χ0) is 20.1. The topological polar surface area (TPSA) is 74.2 Å². The summed E-state index contributed by atoms with van der Waals surface area (Å²) in [5, 5.41) is 12.0. The number of nitrogens with zero attached hydrogens (tertiary/aromatic N) is 5. The van der Waals surface area contributed by atoms with Gasteiger partial charge >= 0.3 is 0 Å². The summed E-state index contributed by atoms with van der Waals surface area (Å²) >= 11 is 0. The summed E-state index contributed by atoms with van der Waals surface area (Å²) < 4.78 is 0. The Labute approximate surface area is 170 Å². The minimum atomic E-state index is -0.0773. The predicted octanol–water partition coefficient (Wildman–Crippen LogP) is 2.22. The molecule has 7 heteroatoms. The van der Waals surface area contributed by atoms with E-state index < -0.39 is 0 Å². The molecule has 29 heavy (non-hydrogen) atoms. The number of pyridine rings is 1. The maximum absolute atomic E-state index is 12.9. The van der Waals surface area contributed by atoms with Crippen LogP contribution in [0.25, 0.3) is 11.1 Å². The zero-order valence-electron chi connectivity index (χ0n) is 16.5. The minimum Gasteiger partial charge on any atom is -0.353 e. The van der Waals surface area contributed by atoms with Gasteiger partial charge in [0.1, 0.15) is 0 Å². The van der Waals surface area contributed by atoms with Gasteiger partial charge in [0.15, 0.2) is 11.5 Å². The molecule has 4 rings (SSSR count). The van der Waals surface area contributed by atoms with Gasteiger partial charge in [-0.05, 0) is 29.3 Å². The highest BCUT2D eigenvalue weighted by Gasteiger charge is 2.22. The van der Waals surface area contributed by atoms with Crippen LogP contribution in [0, 0.1) is 0 Å². The predicted molar refractivity (Wildman–Crippen MR) is 113 cm³/mol. The fourth-order valence-corrected chi connectivity index (χ4v) is 3.48. The summed E-state index contributed by atoms with van der Waals surface area (Å²) in [5.74, 6) is 0.656. The van der Waals surface area contributed by atoms with Crippen LogP contribution in [0.2, 0.25) is 0 Å². The Morgan fingerprint density at radius 2 is 1.79 bits per heavy atom. The summed E-state index contributed by atoms with van der Waals surface area (Å²) in [5.41, 5.74) is 3.38. The molecule has 1 fully saturated rings. The fraction of sp³-hybridized carbons (Fsp3) is 0.273. The molecule has 0 radical (unpaired) electrons. The van der Waals surface area contributed by atoms with Gasteiger partial charge in [-0.3, -0.25) is 9.78 Å². The van der Waals surface area contributed by atoms with Gasteiger partial charge in [0.25, 0.3) is 5.91 Å². The standard InChI is InChI=1S/C22H24N6O/c1-27(16-17-5-3-2-4-6-17)21-19(18-7-9-23-10-8-18)15-20(25-26-21)22(29)28-13-11-24-12-14-28/h2-10,15,24H,11-14,16H2,1H3. The Bertz CT molecular complexity index is 958. The first-order valence-corrected chi connectivity index (χ1v) is 9.75. The monoisotopic (exact) mass is 388 g/mol. The Hall–Kier alpha value is -3.32. The van der Waals surface area contributed by atoms with E-state index in [1.54, 1.807) is 12.4 Å². The van der Waals surface area contributed by atoms with Gasteiger partial charge in [0, 0.05) is 57.7 Å². The first-order valence-electron chi connectivity index (χ1n) is 9.75. The van der Waals surface area contributed by atoms with Crippen LogP contribution < -0.4 is 10.2 Å². The molecule has 2 aromatic heterocycles. The maximum Gasteiger partial charge on any atom is 0.274 e. The smallest absolute Gasteiger partial charge is 0.274 e. The van der Waals surface area contributed by atoms with Crippen LogP contribution in [0.3, 0.4) is 0 Å². The van der Waals surface area contributed by atoms with Crippen molar-refractivity contribution in [3.8, 4) is 11.1 Å². The van der Waals surface area contributed by atoms with Gasteiger partial charge in [-0.15, -0.1) is 10.2 Å². The summed E-state index contributed by atoms with van der Waals surface area (Å²) in [6.45, 7) is 3.66. The largest absolute Gasteiger partial charge is 0.353 e. The number of anilines is 1. The number of benzene rings is 1. The Morgan fingerprint density at radius 3 is 2.52 bits per heavy atom. The van der Waals surface area contributed by atoms with Gasteiger partial charge in [0.2, 0.25) is 0 Å². The second-order valence-corrected chi connectivity index (χ2v) is 7.09. The summed E-state index contributed by atoms with van der Waals surface area (Å²) in [6.07, 6.45) is 3.49. The fourth-order valence-electron chi connectivity index (χ4n) is 3.48. The normalized spacial score (nSPS) is 13.9. The van der Waals surface area contributed by atoms with Crippen molar-refractivity contribution in [3.63, 3.8) is 0 Å². The quantitative estimate of drug-likeness (QED) is 0.722. The van der Waals surface area contributed by atoms with Crippen molar-refractivity contribution in [1.29, 1.82) is 0 Å². The molecule has 0 aliphatic carbocycles. The number of aromatic nitrogens is 3. The molecule has 1 saturated heterocycles. The van der Waals surface area contributed by atoms with Crippen molar-refractivity contribution in [1.82, 2.24) is 25.4 Å². The highest BCUT2D eigenvalue weighted by molar-refractivity contribution is 5.94. The third-order valence-corrected chi connectivity index (χ3v) is 5.01. The average molecular weight is 388 g/mol. The summed E-state index contributed by atoms with van der Waals surface area (Å²) in [6, 6.07) is 15.9. The molecule has 0 atom stereocenters. The molecule has 1 aliphatic rings. The lowest BCUT2D eigenvalue weighted by Crippen LogP contribution is -2.46. The molecule has 0 unspecified atom stereocenters. The molecule has 1 amide bonds. The van der Waals surface area contributed by atoms with Crippen LogP contribution in [-0.2, 0) is 6.54 Å². The second-order valence-electron chi connectivity index (χ2n) is 7.09. The van der Waals surface area contributed by atoms with Crippen LogP contribution in [-0.4, -0.2) is 59.2 Å². The van der Waals surface area contributed by atoms with E-state index in [0.717, 1.165) is 30.0 Å². The number of amides is 1. The second kappa shape index (κ2) is 8.79. The van der Waals surface area contributed by atoms with Crippen LogP contribution in [0.5, 0.6) is 0 Å². The number of piperazine rings is 1. The highest BCUT2D eigenvalue weighted by atomic mass is 16.2. The van der Waals surface area contributed by atoms with Crippen molar-refractivity contribution in [3.05, 3.63) is 72.2 Å². The molecule has 1 aromatic carbocycles. The molecule has 3 aromatic rings. The van der Waals surface area contributed by atoms with Gasteiger partial charge < -0.3 is 15.1 Å². The van der Waals surface area contributed by atoms with Crippen molar-refractivity contribution < 1.29 is 4.79 Å². The number of rotatable bonds is 5. The van der Waals surface area contributed by atoms with Crippen LogP contribution >= 0.6 is 0 Å². The van der Waals surface area contributed by atoms with Crippen LogP contribution in [0.4, 0.5) is 5.82 Å². The van der Waals surface area contributed by atoms with E-state index in [0.29, 0.717) is 25.3 Å². The molecule has 1 aliphatic heterocycles. The van der Waals surface area contributed by atoms with E-state index in [4.69, 9.17) is 0 Å². The number of hydrogen-bond acceptors (Lipinski definition) is 6.